The van der Waals surface area contributed by atoms with E-state index in [1.807, 2.05) is 42.5 Å². The van der Waals surface area contributed by atoms with E-state index >= 15 is 0 Å². The van der Waals surface area contributed by atoms with E-state index in [0.717, 1.165) is 21.3 Å². The molecule has 24 heavy (non-hydrogen) atoms. The third kappa shape index (κ3) is 4.13. The van der Waals surface area contributed by atoms with E-state index in [0.29, 0.717) is 20.9 Å². The number of hydrogen-bond acceptors (Lipinski definition) is 6. The van der Waals surface area contributed by atoms with Gasteiger partial charge < -0.3 is 10.1 Å². The van der Waals surface area contributed by atoms with Gasteiger partial charge in [0.05, 0.1) is 12.8 Å². The lowest BCUT2D eigenvalue weighted by Crippen LogP contribution is -1.93. The van der Waals surface area contributed by atoms with Crippen LogP contribution >= 0.6 is 46.3 Å². The second-order valence-corrected chi connectivity index (χ2v) is 7.70. The molecule has 124 valence electrons. The number of rotatable bonds is 6. The molecule has 0 saturated heterocycles. The Hall–Kier alpha value is -1.47. The van der Waals surface area contributed by atoms with Crippen LogP contribution in [0.25, 0.3) is 0 Å². The maximum absolute atomic E-state index is 6.19. The Balaban J connectivity index is 1.68. The molecule has 4 nitrogen and oxygen atoms in total. The van der Waals surface area contributed by atoms with Gasteiger partial charge in [0.15, 0.2) is 4.34 Å². The first kappa shape index (κ1) is 17.4. The van der Waals surface area contributed by atoms with E-state index in [2.05, 4.69) is 15.5 Å². The Morgan fingerprint density at radius 2 is 1.83 bits per heavy atom. The first-order valence-corrected chi connectivity index (χ1v) is 9.52. The topological polar surface area (TPSA) is 47.0 Å². The zero-order valence-corrected chi connectivity index (χ0v) is 15.8. The molecule has 1 heterocycles. The van der Waals surface area contributed by atoms with Gasteiger partial charge in [0.2, 0.25) is 5.13 Å². The highest BCUT2D eigenvalue weighted by molar-refractivity contribution is 8.00. The monoisotopic (exact) mass is 397 g/mol. The molecule has 0 fully saturated rings. The van der Waals surface area contributed by atoms with Gasteiger partial charge in [-0.25, -0.2) is 0 Å². The number of thioether (sulfide) groups is 1. The molecular formula is C16H13Cl2N3OS2. The summed E-state index contributed by atoms with van der Waals surface area (Å²) in [6.45, 7) is 0. The van der Waals surface area contributed by atoms with E-state index in [4.69, 9.17) is 27.9 Å². The third-order valence-corrected chi connectivity index (χ3v) is 5.86. The van der Waals surface area contributed by atoms with E-state index in [-0.39, 0.29) is 0 Å². The summed E-state index contributed by atoms with van der Waals surface area (Å²) in [6, 6.07) is 13.2. The lowest BCUT2D eigenvalue weighted by Gasteiger charge is -2.07. The van der Waals surface area contributed by atoms with Crippen LogP contribution in [-0.4, -0.2) is 17.3 Å². The lowest BCUT2D eigenvalue weighted by molar-refractivity contribution is 0.417. The molecule has 0 aliphatic heterocycles. The minimum atomic E-state index is 0.641. The van der Waals surface area contributed by atoms with Crippen molar-refractivity contribution in [2.24, 2.45) is 0 Å². The summed E-state index contributed by atoms with van der Waals surface area (Å²) in [4.78, 5) is 0. The van der Waals surface area contributed by atoms with Crippen LogP contribution in [0, 0.1) is 0 Å². The van der Waals surface area contributed by atoms with Gasteiger partial charge in [0, 0.05) is 15.8 Å². The standard InChI is InChI=1S/C16H13Cl2N3OS2/c1-22-14-8-3-2-7-13(14)19-15-20-21-16(24-15)23-9-10-11(17)5-4-6-12(10)18/h2-8H,9H2,1H3,(H,19,20). The van der Waals surface area contributed by atoms with Crippen molar-refractivity contribution in [1.82, 2.24) is 10.2 Å². The Bertz CT molecular complexity index is 821. The van der Waals surface area contributed by atoms with Crippen LogP contribution < -0.4 is 10.1 Å². The van der Waals surface area contributed by atoms with Gasteiger partial charge in [-0.15, -0.1) is 10.2 Å². The maximum Gasteiger partial charge on any atom is 0.210 e. The maximum atomic E-state index is 6.19. The largest absolute Gasteiger partial charge is 0.495 e. The summed E-state index contributed by atoms with van der Waals surface area (Å²) >= 11 is 15.4. The molecule has 1 aromatic heterocycles. The first-order chi connectivity index (χ1) is 11.7. The summed E-state index contributed by atoms with van der Waals surface area (Å²) in [5.41, 5.74) is 1.75. The number of ether oxygens (including phenoxy) is 1. The van der Waals surface area contributed by atoms with Crippen molar-refractivity contribution < 1.29 is 4.74 Å². The van der Waals surface area contributed by atoms with E-state index in [1.165, 1.54) is 11.3 Å². The average molecular weight is 398 g/mol. The number of para-hydroxylation sites is 2. The fraction of sp³-hybridized carbons (Fsp3) is 0.125. The number of nitrogens with zero attached hydrogens (tertiary/aromatic N) is 2. The van der Waals surface area contributed by atoms with Crippen molar-refractivity contribution >= 4 is 57.1 Å². The molecule has 0 spiro atoms. The quantitative estimate of drug-likeness (QED) is 0.525. The van der Waals surface area contributed by atoms with Crippen LogP contribution in [0.1, 0.15) is 5.56 Å². The van der Waals surface area contributed by atoms with Crippen molar-refractivity contribution in [3.63, 3.8) is 0 Å². The van der Waals surface area contributed by atoms with E-state index < -0.39 is 0 Å². The Morgan fingerprint density at radius 3 is 2.58 bits per heavy atom. The lowest BCUT2D eigenvalue weighted by atomic mass is 10.2. The number of benzene rings is 2. The highest BCUT2D eigenvalue weighted by Gasteiger charge is 2.10. The molecule has 1 N–H and O–H groups in total. The minimum Gasteiger partial charge on any atom is -0.495 e. The van der Waals surface area contributed by atoms with Crippen LogP contribution in [0.3, 0.4) is 0 Å². The molecule has 3 rings (SSSR count). The minimum absolute atomic E-state index is 0.641. The molecule has 0 atom stereocenters. The third-order valence-electron chi connectivity index (χ3n) is 3.16. The van der Waals surface area contributed by atoms with Gasteiger partial charge in [-0.3, -0.25) is 0 Å². The van der Waals surface area contributed by atoms with Crippen LogP contribution in [0.15, 0.2) is 46.8 Å². The number of aromatic nitrogens is 2. The molecule has 0 radical (unpaired) electrons. The van der Waals surface area contributed by atoms with Gasteiger partial charge >= 0.3 is 0 Å². The number of halogens is 2. The zero-order chi connectivity index (χ0) is 16.9. The molecule has 0 amide bonds. The van der Waals surface area contributed by atoms with Gasteiger partial charge in [-0.05, 0) is 29.8 Å². The van der Waals surface area contributed by atoms with Crippen molar-refractivity contribution in [3.05, 3.63) is 58.1 Å². The number of nitrogens with one attached hydrogen (secondary N) is 1. The number of hydrogen-bond donors (Lipinski definition) is 1. The van der Waals surface area contributed by atoms with Gasteiger partial charge in [-0.1, -0.05) is 64.5 Å². The molecule has 0 bridgehead atoms. The fourth-order valence-corrected chi connectivity index (χ4v) is 4.49. The summed E-state index contributed by atoms with van der Waals surface area (Å²) < 4.78 is 6.15. The van der Waals surface area contributed by atoms with Crippen molar-refractivity contribution in [2.45, 2.75) is 10.1 Å². The van der Waals surface area contributed by atoms with Crippen LogP contribution in [-0.2, 0) is 5.75 Å². The molecule has 0 unspecified atom stereocenters. The highest BCUT2D eigenvalue weighted by Crippen LogP contribution is 2.35. The second-order valence-electron chi connectivity index (χ2n) is 4.69. The molecule has 2 aromatic carbocycles. The Labute approximate surface area is 158 Å². The van der Waals surface area contributed by atoms with Gasteiger partial charge in [0.1, 0.15) is 5.75 Å². The fourth-order valence-electron chi connectivity index (χ4n) is 1.99. The average Bonchev–Trinajstić information content (AvgIpc) is 3.02. The molecule has 8 heteroatoms. The number of methoxy groups -OCH3 is 1. The van der Waals surface area contributed by atoms with E-state index in [9.17, 15) is 0 Å². The normalized spacial score (nSPS) is 10.6. The van der Waals surface area contributed by atoms with Crippen molar-refractivity contribution in [3.8, 4) is 5.75 Å². The zero-order valence-electron chi connectivity index (χ0n) is 12.6. The predicted molar refractivity (Wildman–Crippen MR) is 102 cm³/mol. The Morgan fingerprint density at radius 1 is 1.08 bits per heavy atom. The molecular weight excluding hydrogens is 385 g/mol. The van der Waals surface area contributed by atoms with Crippen LogP contribution in [0.4, 0.5) is 10.8 Å². The molecule has 3 aromatic rings. The Kier molecular flexibility index (Phi) is 5.84. The summed E-state index contributed by atoms with van der Waals surface area (Å²) in [5, 5.41) is 13.6. The molecule has 0 aliphatic rings. The van der Waals surface area contributed by atoms with Crippen LogP contribution in [0.2, 0.25) is 10.0 Å². The number of anilines is 2. The summed E-state index contributed by atoms with van der Waals surface area (Å²) in [7, 11) is 1.63. The first-order valence-electron chi connectivity index (χ1n) is 6.96. The van der Waals surface area contributed by atoms with Crippen molar-refractivity contribution in [1.29, 1.82) is 0 Å². The summed E-state index contributed by atoms with van der Waals surface area (Å²) in [5.74, 6) is 1.40. The summed E-state index contributed by atoms with van der Waals surface area (Å²) in [6.07, 6.45) is 0. The van der Waals surface area contributed by atoms with Gasteiger partial charge in [0.25, 0.3) is 0 Å². The molecule has 0 aliphatic carbocycles. The van der Waals surface area contributed by atoms with Crippen LogP contribution in [0.5, 0.6) is 5.75 Å². The van der Waals surface area contributed by atoms with E-state index in [1.54, 1.807) is 18.9 Å². The second kappa shape index (κ2) is 8.07. The highest BCUT2D eigenvalue weighted by atomic mass is 35.5. The molecule has 0 saturated carbocycles. The smallest absolute Gasteiger partial charge is 0.210 e. The van der Waals surface area contributed by atoms with Gasteiger partial charge in [-0.2, -0.15) is 0 Å². The predicted octanol–water partition coefficient (Wildman–Crippen LogP) is 5.89. The van der Waals surface area contributed by atoms with Crippen molar-refractivity contribution in [2.75, 3.05) is 12.4 Å². The SMILES string of the molecule is COc1ccccc1Nc1nnc(SCc2c(Cl)cccc2Cl)s1.